The van der Waals surface area contributed by atoms with Gasteiger partial charge in [-0.1, -0.05) is 24.3 Å². The van der Waals surface area contributed by atoms with Crippen LogP contribution in [-0.4, -0.2) is 76.3 Å². The van der Waals surface area contributed by atoms with E-state index in [0.29, 0.717) is 55.6 Å². The number of carbonyl (C=O) groups excluding carboxylic acids is 2. The molecule has 0 bridgehead atoms. The predicted octanol–water partition coefficient (Wildman–Crippen LogP) is 3.69. The van der Waals surface area contributed by atoms with Gasteiger partial charge in [-0.05, 0) is 104 Å². The van der Waals surface area contributed by atoms with E-state index in [1.807, 2.05) is 30.5 Å². The van der Waals surface area contributed by atoms with Crippen molar-refractivity contribution in [1.82, 2.24) is 25.6 Å². The number of amides is 2. The van der Waals surface area contributed by atoms with E-state index >= 15 is 0 Å². The number of pyridine rings is 1. The zero-order chi connectivity index (χ0) is 32.0. The third-order valence-corrected chi connectivity index (χ3v) is 9.17. The normalized spacial score (nSPS) is 18.7. The molecule has 0 unspecified atom stereocenters. The smallest absolute Gasteiger partial charge is 0.251 e. The molecule has 12 nitrogen and oxygen atoms in total. The second-order valence-corrected chi connectivity index (χ2v) is 12.2. The number of anilines is 2. The molecule has 5 N–H and O–H groups in total. The largest absolute Gasteiger partial charge is 0.378 e. The maximum absolute atomic E-state index is 14.0. The van der Waals surface area contributed by atoms with Gasteiger partial charge < -0.3 is 21.1 Å². The molecule has 1 saturated heterocycles. The minimum atomic E-state index is -0.914. The second-order valence-electron chi connectivity index (χ2n) is 12.2. The Balaban J connectivity index is 0.00000433. The number of ether oxygens (including phenoxy) is 1. The number of nitrogens with two attached hydrogens (primary N) is 2. The fourth-order valence-corrected chi connectivity index (χ4v) is 6.37. The summed E-state index contributed by atoms with van der Waals surface area (Å²) >= 11 is 0. The summed E-state index contributed by atoms with van der Waals surface area (Å²) in [5.74, 6) is 0.886. The van der Waals surface area contributed by atoms with Gasteiger partial charge in [-0.2, -0.15) is 5.21 Å². The first-order chi connectivity index (χ1) is 22.4. The van der Waals surface area contributed by atoms with Crippen molar-refractivity contribution < 1.29 is 14.3 Å². The van der Waals surface area contributed by atoms with E-state index in [4.69, 9.17) is 21.2 Å². The molecular weight excluding hydrogens is 618 g/mol. The molecular formula is C34H42ClN9O3. The van der Waals surface area contributed by atoms with Gasteiger partial charge in [-0.3, -0.25) is 9.59 Å². The van der Waals surface area contributed by atoms with Gasteiger partial charge in [-0.25, -0.2) is 9.88 Å². The number of nitrogens with zero attached hydrogens (tertiary/aromatic N) is 6. The SMILES string of the molecule is Cc1cc(N2CCOCC2)ncc1-c1ccc(C[C@H](N)C(=O)N(c2ccc(-c3nn[nH]n3)cc2)C(=O)[C@H]2CC[C@H](CN)CC2)cc1.Cl. The summed E-state index contributed by atoms with van der Waals surface area (Å²) in [7, 11) is 0. The van der Waals surface area contributed by atoms with Crippen LogP contribution in [0.3, 0.4) is 0 Å². The molecule has 1 saturated carbocycles. The van der Waals surface area contributed by atoms with Crippen molar-refractivity contribution in [2.45, 2.75) is 45.1 Å². The highest BCUT2D eigenvalue weighted by Gasteiger charge is 2.35. The van der Waals surface area contributed by atoms with Crippen LogP contribution in [0, 0.1) is 18.8 Å². The number of aryl methyl sites for hydroxylation is 1. The van der Waals surface area contributed by atoms with Gasteiger partial charge in [0.15, 0.2) is 0 Å². The lowest BCUT2D eigenvalue weighted by Gasteiger charge is -2.32. The maximum Gasteiger partial charge on any atom is 0.251 e. The average Bonchev–Trinajstić information content (AvgIpc) is 3.65. The number of benzene rings is 2. The van der Waals surface area contributed by atoms with Crippen molar-refractivity contribution in [1.29, 1.82) is 0 Å². The zero-order valence-corrected chi connectivity index (χ0v) is 27.4. The maximum atomic E-state index is 14.0. The quantitative estimate of drug-likeness (QED) is 0.241. The Labute approximate surface area is 280 Å². The van der Waals surface area contributed by atoms with Gasteiger partial charge in [0.25, 0.3) is 5.91 Å². The highest BCUT2D eigenvalue weighted by atomic mass is 35.5. The minimum absolute atomic E-state index is 0. The Morgan fingerprint density at radius 2 is 1.70 bits per heavy atom. The number of morpholine rings is 1. The molecule has 2 amide bonds. The summed E-state index contributed by atoms with van der Waals surface area (Å²) in [4.78, 5) is 36.1. The number of carbonyl (C=O) groups is 2. The molecule has 2 aromatic heterocycles. The number of hydrogen-bond donors (Lipinski definition) is 3. The van der Waals surface area contributed by atoms with Gasteiger partial charge in [0.2, 0.25) is 11.7 Å². The van der Waals surface area contributed by atoms with Gasteiger partial charge in [0, 0.05) is 36.3 Å². The number of H-pyrrole nitrogens is 1. The number of hydrogen-bond acceptors (Lipinski definition) is 10. The second kappa shape index (κ2) is 15.6. The lowest BCUT2D eigenvalue weighted by Crippen LogP contribution is -2.50. The van der Waals surface area contributed by atoms with Crippen LogP contribution in [0.1, 0.15) is 36.8 Å². The van der Waals surface area contributed by atoms with E-state index in [1.165, 1.54) is 4.90 Å². The Morgan fingerprint density at radius 3 is 2.32 bits per heavy atom. The minimum Gasteiger partial charge on any atom is -0.378 e. The number of halogens is 1. The Bertz CT molecular complexity index is 1620. The number of imide groups is 1. The summed E-state index contributed by atoms with van der Waals surface area (Å²) in [5, 5.41) is 14.1. The number of rotatable bonds is 9. The molecule has 3 heterocycles. The van der Waals surface area contributed by atoms with Crippen LogP contribution in [0.25, 0.3) is 22.5 Å². The molecule has 1 aliphatic heterocycles. The van der Waals surface area contributed by atoms with E-state index in [0.717, 1.165) is 54.0 Å². The third-order valence-electron chi connectivity index (χ3n) is 9.17. The van der Waals surface area contributed by atoms with Gasteiger partial charge >= 0.3 is 0 Å². The topological polar surface area (TPSA) is 169 Å². The van der Waals surface area contributed by atoms with Crippen LogP contribution in [0.4, 0.5) is 11.5 Å². The first-order valence-electron chi connectivity index (χ1n) is 16.0. The molecule has 4 aromatic rings. The first kappa shape index (κ1) is 34.1. The zero-order valence-electron chi connectivity index (χ0n) is 26.5. The molecule has 1 atom stereocenters. The molecule has 6 rings (SSSR count). The van der Waals surface area contributed by atoms with Gasteiger partial charge in [-0.15, -0.1) is 22.6 Å². The van der Waals surface area contributed by atoms with E-state index in [-0.39, 0.29) is 30.7 Å². The summed E-state index contributed by atoms with van der Waals surface area (Å²) in [6.07, 6.45) is 5.34. The van der Waals surface area contributed by atoms with E-state index in [2.05, 4.69) is 38.5 Å². The number of aromatic nitrogens is 5. The van der Waals surface area contributed by atoms with Crippen molar-refractivity contribution in [2.75, 3.05) is 42.6 Å². The molecule has 2 aromatic carbocycles. The van der Waals surface area contributed by atoms with Crippen LogP contribution in [-0.2, 0) is 20.7 Å². The predicted molar refractivity (Wildman–Crippen MR) is 183 cm³/mol. The highest BCUT2D eigenvalue weighted by Crippen LogP contribution is 2.32. The summed E-state index contributed by atoms with van der Waals surface area (Å²) in [5.41, 5.74) is 17.7. The number of tetrazole rings is 1. The lowest BCUT2D eigenvalue weighted by molar-refractivity contribution is -0.130. The fraction of sp³-hybridized carbons (Fsp3) is 0.412. The van der Waals surface area contributed by atoms with E-state index < -0.39 is 11.9 Å². The summed E-state index contributed by atoms with van der Waals surface area (Å²) in [6.45, 7) is 5.80. The number of nitrogens with one attached hydrogen (secondary N) is 1. The first-order valence-corrected chi connectivity index (χ1v) is 16.0. The molecule has 0 spiro atoms. The Hall–Kier alpha value is -4.23. The van der Waals surface area contributed by atoms with Gasteiger partial charge in [0.05, 0.1) is 24.9 Å². The van der Waals surface area contributed by atoms with Crippen LogP contribution in [0.5, 0.6) is 0 Å². The molecule has 1 aliphatic carbocycles. The van der Waals surface area contributed by atoms with Crippen molar-refractivity contribution in [3.8, 4) is 22.5 Å². The van der Waals surface area contributed by atoms with E-state index in [9.17, 15) is 9.59 Å². The van der Waals surface area contributed by atoms with Crippen molar-refractivity contribution in [2.24, 2.45) is 23.3 Å². The molecule has 47 heavy (non-hydrogen) atoms. The highest BCUT2D eigenvalue weighted by molar-refractivity contribution is 6.17. The monoisotopic (exact) mass is 659 g/mol. The van der Waals surface area contributed by atoms with Crippen LogP contribution < -0.4 is 21.3 Å². The van der Waals surface area contributed by atoms with Gasteiger partial charge in [0.1, 0.15) is 5.82 Å². The standard InChI is InChI=1S/C34H41N9O3.ClH/c1-22-18-31(42-14-16-46-17-15-42)37-21-29(22)25-6-2-23(3-7-25)19-30(36)34(45)43(33(44)27-8-4-24(20-35)5-9-27)28-12-10-26(11-13-28)32-38-40-41-39-32;/h2-3,6-7,10-13,18,21,24,27,30H,4-5,8-9,14-17,19-20,35-36H2,1H3,(H,38,39,40,41);1H/t24-,27-,30-;/m0./s1. The van der Waals surface area contributed by atoms with E-state index in [1.54, 1.807) is 24.3 Å². The Kier molecular flexibility index (Phi) is 11.3. The molecule has 2 aliphatic rings. The van der Waals surface area contributed by atoms with Crippen LogP contribution in [0.15, 0.2) is 60.8 Å². The molecule has 0 radical (unpaired) electrons. The van der Waals surface area contributed by atoms with Crippen molar-refractivity contribution in [3.05, 3.63) is 71.9 Å². The lowest BCUT2D eigenvalue weighted by atomic mass is 9.81. The fourth-order valence-electron chi connectivity index (χ4n) is 6.37. The Morgan fingerprint density at radius 1 is 1.02 bits per heavy atom. The van der Waals surface area contributed by atoms with Crippen molar-refractivity contribution >= 4 is 35.7 Å². The summed E-state index contributed by atoms with van der Waals surface area (Å²) < 4.78 is 5.47. The summed E-state index contributed by atoms with van der Waals surface area (Å²) in [6, 6.07) is 16.2. The average molecular weight is 660 g/mol. The molecule has 13 heteroatoms. The van der Waals surface area contributed by atoms with Crippen LogP contribution >= 0.6 is 12.4 Å². The third kappa shape index (κ3) is 7.84. The molecule has 248 valence electrons. The molecule has 2 fully saturated rings. The van der Waals surface area contributed by atoms with Crippen LogP contribution in [0.2, 0.25) is 0 Å². The number of aromatic amines is 1. The van der Waals surface area contributed by atoms with Crippen molar-refractivity contribution in [3.63, 3.8) is 0 Å².